The van der Waals surface area contributed by atoms with Crippen molar-refractivity contribution in [2.24, 2.45) is 0 Å². The third-order valence-electron chi connectivity index (χ3n) is 3.14. The minimum atomic E-state index is -3.65. The number of sulfonamides is 1. The number of nitrogens with one attached hydrogen (secondary N) is 2. The van der Waals surface area contributed by atoms with E-state index in [1.807, 2.05) is 24.3 Å². The molecule has 0 aliphatic rings. The number of carbonyl (C=O) groups excluding carboxylic acids is 1. The quantitative estimate of drug-likeness (QED) is 0.510. The molecule has 2 aromatic rings. The number of carbonyl (C=O) groups is 1. The zero-order valence-electron chi connectivity index (χ0n) is 13.1. The van der Waals surface area contributed by atoms with E-state index in [0.29, 0.717) is 5.02 Å². The van der Waals surface area contributed by atoms with Gasteiger partial charge >= 0.3 is 0 Å². The van der Waals surface area contributed by atoms with E-state index in [4.69, 9.17) is 11.6 Å². The van der Waals surface area contributed by atoms with E-state index < -0.39 is 10.0 Å². The van der Waals surface area contributed by atoms with Crippen molar-refractivity contribution >= 4 is 49.5 Å². The molecule has 132 valence electrons. The summed E-state index contributed by atoms with van der Waals surface area (Å²) in [5.41, 5.74) is 0.874. The summed E-state index contributed by atoms with van der Waals surface area (Å²) in [5, 5.41) is 2.95. The Labute approximate surface area is 160 Å². The van der Waals surface area contributed by atoms with Gasteiger partial charge in [0, 0.05) is 28.7 Å². The van der Waals surface area contributed by atoms with Gasteiger partial charge in [-0.25, -0.2) is 13.1 Å². The number of hydrogen-bond donors (Lipinski definition) is 2. The topological polar surface area (TPSA) is 75.3 Å². The van der Waals surface area contributed by atoms with Gasteiger partial charge in [-0.15, -0.1) is 0 Å². The second kappa shape index (κ2) is 9.15. The van der Waals surface area contributed by atoms with Gasteiger partial charge in [0.2, 0.25) is 15.9 Å². The normalized spacial score (nSPS) is 11.6. The molecule has 8 heteroatoms. The van der Waals surface area contributed by atoms with Crippen molar-refractivity contribution in [3.8, 4) is 0 Å². The molecule has 0 saturated carbocycles. The Bertz CT molecular complexity index is 885. The van der Waals surface area contributed by atoms with Crippen LogP contribution in [0.2, 0.25) is 5.02 Å². The molecular formula is C17H16BrClN2O3S. The van der Waals surface area contributed by atoms with Gasteiger partial charge in [-0.1, -0.05) is 51.8 Å². The van der Waals surface area contributed by atoms with Crippen LogP contribution in [0.1, 0.15) is 5.56 Å². The molecule has 0 radical (unpaired) electrons. The van der Waals surface area contributed by atoms with Crippen molar-refractivity contribution in [2.75, 3.05) is 13.1 Å². The summed E-state index contributed by atoms with van der Waals surface area (Å²) in [6.45, 7) is 0.238. The highest BCUT2D eigenvalue weighted by Gasteiger charge is 2.13. The zero-order chi connectivity index (χ0) is 18.3. The van der Waals surface area contributed by atoms with Crippen LogP contribution in [0.3, 0.4) is 0 Å². The molecule has 0 aromatic heterocycles. The summed E-state index contributed by atoms with van der Waals surface area (Å²) >= 11 is 9.18. The number of hydrogen-bond acceptors (Lipinski definition) is 3. The fraction of sp³-hybridized carbons (Fsp3) is 0.118. The predicted octanol–water partition coefficient (Wildman–Crippen LogP) is 3.21. The lowest BCUT2D eigenvalue weighted by molar-refractivity contribution is -0.116. The smallest absolute Gasteiger partial charge is 0.244 e. The summed E-state index contributed by atoms with van der Waals surface area (Å²) in [5.74, 6) is -0.308. The molecule has 0 fully saturated rings. The Morgan fingerprint density at radius 2 is 1.88 bits per heavy atom. The molecule has 0 atom stereocenters. The van der Waals surface area contributed by atoms with E-state index >= 15 is 0 Å². The molecule has 25 heavy (non-hydrogen) atoms. The maximum Gasteiger partial charge on any atom is 0.244 e. The van der Waals surface area contributed by atoms with Crippen molar-refractivity contribution < 1.29 is 13.2 Å². The molecular weight excluding hydrogens is 428 g/mol. The molecule has 0 unspecified atom stereocenters. The van der Waals surface area contributed by atoms with E-state index in [-0.39, 0.29) is 23.9 Å². The van der Waals surface area contributed by atoms with Gasteiger partial charge in [-0.2, -0.15) is 0 Å². The summed E-state index contributed by atoms with van der Waals surface area (Å²) in [6, 6.07) is 13.5. The zero-order valence-corrected chi connectivity index (χ0v) is 16.2. The SMILES string of the molecule is O=C(/C=C/c1ccccc1Br)NCCNS(=O)(=O)c1cccc(Cl)c1. The first-order valence-corrected chi connectivity index (χ1v) is 9.99. The van der Waals surface area contributed by atoms with Crippen molar-refractivity contribution in [3.63, 3.8) is 0 Å². The highest BCUT2D eigenvalue weighted by molar-refractivity contribution is 9.10. The van der Waals surface area contributed by atoms with Crippen LogP contribution < -0.4 is 10.0 Å². The molecule has 2 N–H and O–H groups in total. The predicted molar refractivity (Wildman–Crippen MR) is 103 cm³/mol. The largest absolute Gasteiger partial charge is 0.351 e. The average molecular weight is 444 g/mol. The molecule has 0 spiro atoms. The van der Waals surface area contributed by atoms with Crippen LogP contribution in [0.25, 0.3) is 6.08 Å². The summed E-state index contributed by atoms with van der Waals surface area (Å²) in [4.78, 5) is 11.8. The first-order valence-electron chi connectivity index (χ1n) is 7.34. The van der Waals surface area contributed by atoms with Gasteiger partial charge in [-0.05, 0) is 35.9 Å². The van der Waals surface area contributed by atoms with Crippen LogP contribution in [0.15, 0.2) is 64.0 Å². The summed E-state index contributed by atoms with van der Waals surface area (Å²) in [6.07, 6.45) is 3.07. The molecule has 0 saturated heterocycles. The van der Waals surface area contributed by atoms with Crippen LogP contribution in [0, 0.1) is 0 Å². The van der Waals surface area contributed by atoms with E-state index in [2.05, 4.69) is 26.0 Å². The van der Waals surface area contributed by atoms with Gasteiger partial charge in [0.25, 0.3) is 0 Å². The minimum absolute atomic E-state index is 0.0729. The summed E-state index contributed by atoms with van der Waals surface area (Å²) < 4.78 is 27.4. The first kappa shape index (κ1) is 19.7. The lowest BCUT2D eigenvalue weighted by atomic mass is 10.2. The third-order valence-corrected chi connectivity index (χ3v) is 5.56. The molecule has 1 amide bonds. The van der Waals surface area contributed by atoms with E-state index in [1.165, 1.54) is 18.2 Å². The van der Waals surface area contributed by atoms with Gasteiger partial charge in [0.05, 0.1) is 4.90 Å². The third kappa shape index (κ3) is 6.28. The molecule has 2 rings (SSSR count). The highest BCUT2D eigenvalue weighted by atomic mass is 79.9. The number of benzene rings is 2. The van der Waals surface area contributed by atoms with Gasteiger partial charge in [0.15, 0.2) is 0 Å². The highest BCUT2D eigenvalue weighted by Crippen LogP contribution is 2.17. The molecule has 0 bridgehead atoms. The van der Waals surface area contributed by atoms with Crippen molar-refractivity contribution in [3.05, 3.63) is 69.7 Å². The van der Waals surface area contributed by atoms with Crippen molar-refractivity contribution in [1.82, 2.24) is 10.0 Å². The number of halogens is 2. The first-order chi connectivity index (χ1) is 11.9. The molecule has 5 nitrogen and oxygen atoms in total. The Morgan fingerprint density at radius 1 is 1.12 bits per heavy atom. The van der Waals surface area contributed by atoms with Crippen molar-refractivity contribution in [1.29, 1.82) is 0 Å². The molecule has 0 heterocycles. The summed E-state index contributed by atoms with van der Waals surface area (Å²) in [7, 11) is -3.65. The monoisotopic (exact) mass is 442 g/mol. The Balaban J connectivity index is 1.81. The Hall–Kier alpha value is -1.67. The minimum Gasteiger partial charge on any atom is -0.351 e. The lowest BCUT2D eigenvalue weighted by Crippen LogP contribution is -2.34. The van der Waals surface area contributed by atoms with Crippen LogP contribution >= 0.6 is 27.5 Å². The fourth-order valence-electron chi connectivity index (χ4n) is 1.92. The molecule has 0 aliphatic heterocycles. The van der Waals surface area contributed by atoms with E-state index in [9.17, 15) is 13.2 Å². The Morgan fingerprint density at radius 3 is 2.60 bits per heavy atom. The van der Waals surface area contributed by atoms with Gasteiger partial charge in [0.1, 0.15) is 0 Å². The fourth-order valence-corrected chi connectivity index (χ4v) is 3.67. The second-order valence-corrected chi connectivity index (χ2v) is 8.06. The van der Waals surface area contributed by atoms with Crippen molar-refractivity contribution in [2.45, 2.75) is 4.90 Å². The standard InChI is InChI=1S/C17H16BrClN2O3S/c18-16-7-2-1-4-13(16)8-9-17(22)20-10-11-21-25(23,24)15-6-3-5-14(19)12-15/h1-9,12,21H,10-11H2,(H,20,22)/b9-8+. The number of amides is 1. The molecule has 0 aliphatic carbocycles. The lowest BCUT2D eigenvalue weighted by Gasteiger charge is -2.07. The van der Waals surface area contributed by atoms with Gasteiger partial charge < -0.3 is 5.32 Å². The second-order valence-electron chi connectivity index (χ2n) is 5.00. The van der Waals surface area contributed by atoms with Crippen LogP contribution in [-0.4, -0.2) is 27.4 Å². The maximum atomic E-state index is 12.1. The number of rotatable bonds is 7. The van der Waals surface area contributed by atoms with Gasteiger partial charge in [-0.3, -0.25) is 4.79 Å². The maximum absolute atomic E-state index is 12.1. The van der Waals surface area contributed by atoms with Crippen LogP contribution in [0.4, 0.5) is 0 Å². The van der Waals surface area contributed by atoms with Crippen LogP contribution in [0.5, 0.6) is 0 Å². The van der Waals surface area contributed by atoms with E-state index in [0.717, 1.165) is 10.0 Å². The molecule has 2 aromatic carbocycles. The van der Waals surface area contributed by atoms with Crippen LogP contribution in [-0.2, 0) is 14.8 Å². The average Bonchev–Trinajstić information content (AvgIpc) is 2.58. The van der Waals surface area contributed by atoms with E-state index in [1.54, 1.807) is 18.2 Å². The Kier molecular flexibility index (Phi) is 7.19.